The highest BCUT2D eigenvalue weighted by Crippen LogP contribution is 2.19. The number of fused-ring (bicyclic) bond motifs is 1. The molecule has 16 heavy (non-hydrogen) atoms. The molecule has 0 saturated carbocycles. The van der Waals surface area contributed by atoms with Crippen LogP contribution in [0.1, 0.15) is 16.7 Å². The van der Waals surface area contributed by atoms with Crippen LogP contribution in [-0.4, -0.2) is 19.6 Å². The quantitative estimate of drug-likeness (QED) is 0.797. The van der Waals surface area contributed by atoms with Gasteiger partial charge in [0.05, 0.1) is 13.5 Å². The molecule has 0 fully saturated rings. The maximum Gasteiger partial charge on any atom is 0.309 e. The van der Waals surface area contributed by atoms with Gasteiger partial charge in [0.25, 0.3) is 0 Å². The number of carbonyl (C=O) groups excluding carboxylic acids is 1. The summed E-state index contributed by atoms with van der Waals surface area (Å²) < 4.78 is 4.69. The van der Waals surface area contributed by atoms with Crippen molar-refractivity contribution in [2.75, 3.05) is 13.7 Å². The number of nitrogens with one attached hydrogen (secondary N) is 1. The van der Waals surface area contributed by atoms with Gasteiger partial charge in [0.1, 0.15) is 0 Å². The second kappa shape index (κ2) is 5.87. The van der Waals surface area contributed by atoms with Gasteiger partial charge in [0.2, 0.25) is 0 Å². The number of benzene rings is 1. The normalized spacial score (nSPS) is 13.6. The van der Waals surface area contributed by atoms with Gasteiger partial charge in [-0.1, -0.05) is 18.2 Å². The highest BCUT2D eigenvalue weighted by molar-refractivity contribution is 5.85. The lowest BCUT2D eigenvalue weighted by Crippen LogP contribution is -2.25. The molecular weight excluding hydrogens is 226 g/mol. The summed E-state index contributed by atoms with van der Waals surface area (Å²) in [5, 5.41) is 3.32. The van der Waals surface area contributed by atoms with Crippen LogP contribution in [0.2, 0.25) is 0 Å². The summed E-state index contributed by atoms with van der Waals surface area (Å²) in [6, 6.07) is 6.13. The van der Waals surface area contributed by atoms with Crippen LogP contribution in [0.5, 0.6) is 0 Å². The van der Waals surface area contributed by atoms with Crippen molar-refractivity contribution < 1.29 is 9.53 Å². The smallest absolute Gasteiger partial charge is 0.309 e. The predicted molar refractivity (Wildman–Crippen MR) is 64.8 cm³/mol. The molecule has 0 saturated heterocycles. The Balaban J connectivity index is 0.00000128. The Morgan fingerprint density at radius 3 is 3.06 bits per heavy atom. The van der Waals surface area contributed by atoms with Crippen LogP contribution in [-0.2, 0) is 28.9 Å². The average molecular weight is 242 g/mol. The molecule has 0 atom stereocenters. The van der Waals surface area contributed by atoms with E-state index in [0.717, 1.165) is 25.1 Å². The molecule has 1 aliphatic rings. The zero-order valence-electron chi connectivity index (χ0n) is 9.29. The van der Waals surface area contributed by atoms with Crippen molar-refractivity contribution >= 4 is 18.4 Å². The van der Waals surface area contributed by atoms with Gasteiger partial charge < -0.3 is 10.1 Å². The summed E-state index contributed by atoms with van der Waals surface area (Å²) in [6.07, 6.45) is 1.39. The standard InChI is InChI=1S/C12H15NO2.ClH/c1-15-12(14)7-9-3-2-4-10-8-13-6-5-11(9)10;/h2-4,13H,5-8H2,1H3;1H. The number of ether oxygens (including phenoxy) is 1. The Labute approximate surface area is 102 Å². The Hall–Kier alpha value is -1.06. The highest BCUT2D eigenvalue weighted by Gasteiger charge is 2.14. The minimum atomic E-state index is -0.165. The largest absolute Gasteiger partial charge is 0.469 e. The lowest BCUT2D eigenvalue weighted by atomic mass is 9.94. The third kappa shape index (κ3) is 2.74. The molecule has 1 heterocycles. The van der Waals surface area contributed by atoms with E-state index in [9.17, 15) is 4.79 Å². The van der Waals surface area contributed by atoms with E-state index < -0.39 is 0 Å². The zero-order valence-corrected chi connectivity index (χ0v) is 10.1. The summed E-state index contributed by atoms with van der Waals surface area (Å²) in [7, 11) is 1.43. The fraction of sp³-hybridized carbons (Fsp3) is 0.417. The molecule has 0 bridgehead atoms. The van der Waals surface area contributed by atoms with E-state index in [0.29, 0.717) is 6.42 Å². The zero-order chi connectivity index (χ0) is 10.7. The molecule has 3 nitrogen and oxygen atoms in total. The SMILES string of the molecule is COC(=O)Cc1cccc2c1CCNC2.Cl. The third-order valence-electron chi connectivity index (χ3n) is 2.80. The number of hydrogen-bond acceptors (Lipinski definition) is 3. The van der Waals surface area contributed by atoms with E-state index in [2.05, 4.69) is 11.4 Å². The molecular formula is C12H16ClNO2. The fourth-order valence-electron chi connectivity index (χ4n) is 2.00. The van der Waals surface area contributed by atoms with Crippen molar-refractivity contribution in [1.82, 2.24) is 5.32 Å². The van der Waals surface area contributed by atoms with Crippen LogP contribution in [0, 0.1) is 0 Å². The number of halogens is 1. The number of methoxy groups -OCH3 is 1. The monoisotopic (exact) mass is 241 g/mol. The lowest BCUT2D eigenvalue weighted by Gasteiger charge is -2.19. The van der Waals surface area contributed by atoms with Crippen LogP contribution in [0.3, 0.4) is 0 Å². The van der Waals surface area contributed by atoms with Gasteiger partial charge in [-0.05, 0) is 29.7 Å². The van der Waals surface area contributed by atoms with Crippen LogP contribution >= 0.6 is 12.4 Å². The molecule has 88 valence electrons. The lowest BCUT2D eigenvalue weighted by molar-refractivity contribution is -0.139. The number of hydrogen-bond donors (Lipinski definition) is 1. The van der Waals surface area contributed by atoms with Crippen molar-refractivity contribution in [3.8, 4) is 0 Å². The van der Waals surface area contributed by atoms with E-state index >= 15 is 0 Å². The van der Waals surface area contributed by atoms with Crippen LogP contribution in [0.4, 0.5) is 0 Å². The molecule has 0 aliphatic carbocycles. The van der Waals surface area contributed by atoms with Crippen LogP contribution in [0.25, 0.3) is 0 Å². The first-order valence-corrected chi connectivity index (χ1v) is 5.18. The maximum atomic E-state index is 11.2. The van der Waals surface area contributed by atoms with Gasteiger partial charge in [-0.3, -0.25) is 4.79 Å². The molecule has 1 N–H and O–H groups in total. The molecule has 1 aromatic rings. The van der Waals surface area contributed by atoms with Gasteiger partial charge in [-0.25, -0.2) is 0 Å². The van der Waals surface area contributed by atoms with Gasteiger partial charge >= 0.3 is 5.97 Å². The average Bonchev–Trinajstić information content (AvgIpc) is 2.29. The Morgan fingerprint density at radius 1 is 1.50 bits per heavy atom. The highest BCUT2D eigenvalue weighted by atomic mass is 35.5. The van der Waals surface area contributed by atoms with Gasteiger partial charge in [0.15, 0.2) is 0 Å². The second-order valence-electron chi connectivity index (χ2n) is 3.73. The van der Waals surface area contributed by atoms with E-state index in [4.69, 9.17) is 4.74 Å². The number of esters is 1. The first kappa shape index (κ1) is 13.0. The summed E-state index contributed by atoms with van der Waals surface area (Å²) in [5.74, 6) is -0.165. The predicted octanol–water partition coefficient (Wildman–Crippen LogP) is 1.47. The molecule has 0 aromatic heterocycles. The number of rotatable bonds is 2. The summed E-state index contributed by atoms with van der Waals surface area (Å²) in [6.45, 7) is 1.90. The van der Waals surface area contributed by atoms with E-state index in [-0.39, 0.29) is 18.4 Å². The minimum Gasteiger partial charge on any atom is -0.469 e. The van der Waals surface area contributed by atoms with Gasteiger partial charge in [-0.2, -0.15) is 0 Å². The van der Waals surface area contributed by atoms with Crippen molar-refractivity contribution in [1.29, 1.82) is 0 Å². The molecule has 0 spiro atoms. The van der Waals surface area contributed by atoms with Crippen LogP contribution < -0.4 is 5.32 Å². The summed E-state index contributed by atoms with van der Waals surface area (Å²) in [4.78, 5) is 11.2. The summed E-state index contributed by atoms with van der Waals surface area (Å²) >= 11 is 0. The molecule has 2 rings (SSSR count). The van der Waals surface area contributed by atoms with E-state index in [1.807, 2.05) is 12.1 Å². The maximum absolute atomic E-state index is 11.2. The molecule has 1 aromatic carbocycles. The third-order valence-corrected chi connectivity index (χ3v) is 2.80. The van der Waals surface area contributed by atoms with Crippen molar-refractivity contribution in [3.63, 3.8) is 0 Å². The Morgan fingerprint density at radius 2 is 2.31 bits per heavy atom. The molecule has 1 aliphatic heterocycles. The second-order valence-corrected chi connectivity index (χ2v) is 3.73. The summed E-state index contributed by atoms with van der Waals surface area (Å²) in [5.41, 5.74) is 3.74. The Bertz CT molecular complexity index is 379. The topological polar surface area (TPSA) is 38.3 Å². The number of carbonyl (C=O) groups is 1. The van der Waals surface area contributed by atoms with Gasteiger partial charge in [0, 0.05) is 6.54 Å². The van der Waals surface area contributed by atoms with Crippen molar-refractivity contribution in [3.05, 3.63) is 34.9 Å². The Kier molecular flexibility index (Phi) is 4.77. The first-order chi connectivity index (χ1) is 7.31. The molecule has 0 radical (unpaired) electrons. The van der Waals surface area contributed by atoms with Crippen molar-refractivity contribution in [2.45, 2.75) is 19.4 Å². The van der Waals surface area contributed by atoms with Crippen LogP contribution in [0.15, 0.2) is 18.2 Å². The molecule has 0 amide bonds. The van der Waals surface area contributed by atoms with Crippen molar-refractivity contribution in [2.24, 2.45) is 0 Å². The minimum absolute atomic E-state index is 0. The molecule has 0 unspecified atom stereocenters. The van der Waals surface area contributed by atoms with E-state index in [1.54, 1.807) is 0 Å². The van der Waals surface area contributed by atoms with Gasteiger partial charge in [-0.15, -0.1) is 12.4 Å². The molecule has 4 heteroatoms. The first-order valence-electron chi connectivity index (χ1n) is 5.18. The fourth-order valence-corrected chi connectivity index (χ4v) is 2.00. The van der Waals surface area contributed by atoms with E-state index in [1.165, 1.54) is 18.2 Å².